The number of carbonyl (C=O) groups excluding carboxylic acids is 1. The van der Waals surface area contributed by atoms with Gasteiger partial charge in [-0.3, -0.25) is 10.1 Å². The first-order valence-electron chi connectivity index (χ1n) is 6.85. The first kappa shape index (κ1) is 14.5. The summed E-state index contributed by atoms with van der Waals surface area (Å²) in [5, 5.41) is 3.29. The lowest BCUT2D eigenvalue weighted by molar-refractivity contribution is -0.128. The van der Waals surface area contributed by atoms with Crippen molar-refractivity contribution in [3.63, 3.8) is 0 Å². The van der Waals surface area contributed by atoms with Gasteiger partial charge in [-0.2, -0.15) is 0 Å². The molecule has 0 bridgehead atoms. The third kappa shape index (κ3) is 3.96. The number of carbonyl (C=O) groups is 1. The topological polar surface area (TPSA) is 35.6 Å². The molecule has 100 valence electrons. The van der Waals surface area contributed by atoms with Crippen molar-refractivity contribution in [2.75, 3.05) is 32.7 Å². The summed E-state index contributed by atoms with van der Waals surface area (Å²) >= 11 is 0. The fourth-order valence-electron chi connectivity index (χ4n) is 2.41. The number of rotatable bonds is 7. The maximum absolute atomic E-state index is 11.8. The van der Waals surface area contributed by atoms with Gasteiger partial charge in [0.25, 0.3) is 0 Å². The summed E-state index contributed by atoms with van der Waals surface area (Å²) in [5.74, 6) is 0.721. The summed E-state index contributed by atoms with van der Waals surface area (Å²) in [5.41, 5.74) is 0. The zero-order chi connectivity index (χ0) is 12.8. The van der Waals surface area contributed by atoms with Gasteiger partial charge in [-0.15, -0.1) is 0 Å². The molecule has 1 N–H and O–H groups in total. The Balaban J connectivity index is 2.45. The zero-order valence-electron chi connectivity index (χ0n) is 11.7. The molecule has 0 aliphatic carbocycles. The van der Waals surface area contributed by atoms with Gasteiger partial charge in [0.15, 0.2) is 0 Å². The molecule has 1 rings (SSSR count). The lowest BCUT2D eigenvalue weighted by Crippen LogP contribution is -2.45. The lowest BCUT2D eigenvalue weighted by Gasteiger charge is -2.30. The van der Waals surface area contributed by atoms with Crippen LogP contribution in [0.4, 0.5) is 0 Å². The van der Waals surface area contributed by atoms with Gasteiger partial charge in [-0.05, 0) is 25.4 Å². The molecule has 0 spiro atoms. The molecule has 0 saturated carbocycles. The molecule has 0 aromatic heterocycles. The van der Waals surface area contributed by atoms with Crippen LogP contribution in [0.15, 0.2) is 0 Å². The van der Waals surface area contributed by atoms with Gasteiger partial charge in [0.2, 0.25) is 5.91 Å². The van der Waals surface area contributed by atoms with E-state index in [1.165, 1.54) is 6.42 Å². The minimum atomic E-state index is 0.225. The molecule has 1 aliphatic heterocycles. The number of nitrogens with zero attached hydrogens (tertiary/aromatic N) is 2. The van der Waals surface area contributed by atoms with Crippen LogP contribution < -0.4 is 5.32 Å². The Bertz CT molecular complexity index is 243. The van der Waals surface area contributed by atoms with Gasteiger partial charge in [-0.25, -0.2) is 0 Å². The fourth-order valence-corrected chi connectivity index (χ4v) is 2.41. The Morgan fingerprint density at radius 1 is 1.41 bits per heavy atom. The molecular formula is C13H27N3O. The van der Waals surface area contributed by atoms with E-state index in [2.05, 4.69) is 37.9 Å². The molecule has 1 fully saturated rings. The monoisotopic (exact) mass is 241 g/mol. The van der Waals surface area contributed by atoms with Crippen LogP contribution in [0.2, 0.25) is 0 Å². The van der Waals surface area contributed by atoms with Crippen LogP contribution in [0.25, 0.3) is 0 Å². The molecule has 0 aromatic carbocycles. The zero-order valence-corrected chi connectivity index (χ0v) is 11.7. The van der Waals surface area contributed by atoms with Crippen LogP contribution >= 0.6 is 0 Å². The molecule has 0 radical (unpaired) electrons. The van der Waals surface area contributed by atoms with Crippen molar-refractivity contribution in [2.24, 2.45) is 5.92 Å². The molecule has 1 amide bonds. The molecule has 17 heavy (non-hydrogen) atoms. The Hall–Kier alpha value is -0.610. The van der Waals surface area contributed by atoms with E-state index in [4.69, 9.17) is 0 Å². The summed E-state index contributed by atoms with van der Waals surface area (Å²) in [7, 11) is 0. The summed E-state index contributed by atoms with van der Waals surface area (Å²) in [4.78, 5) is 16.2. The molecule has 1 aliphatic rings. The summed E-state index contributed by atoms with van der Waals surface area (Å²) in [6.07, 6.45) is 1.40. The van der Waals surface area contributed by atoms with E-state index in [0.29, 0.717) is 12.5 Å². The number of likely N-dealkylation sites (N-methyl/N-ethyl adjacent to an activating group) is 1. The normalized spacial score (nSPS) is 20.9. The maximum atomic E-state index is 11.8. The highest BCUT2D eigenvalue weighted by molar-refractivity contribution is 5.80. The van der Waals surface area contributed by atoms with Crippen molar-refractivity contribution in [3.05, 3.63) is 0 Å². The Morgan fingerprint density at radius 3 is 2.65 bits per heavy atom. The number of hydrogen-bond donors (Lipinski definition) is 1. The van der Waals surface area contributed by atoms with E-state index >= 15 is 0 Å². The molecule has 1 unspecified atom stereocenters. The Morgan fingerprint density at radius 2 is 2.12 bits per heavy atom. The Labute approximate surface area is 105 Å². The predicted octanol–water partition coefficient (Wildman–Crippen LogP) is 1.13. The van der Waals surface area contributed by atoms with Gasteiger partial charge in [0, 0.05) is 13.1 Å². The van der Waals surface area contributed by atoms with Crippen molar-refractivity contribution < 1.29 is 4.79 Å². The van der Waals surface area contributed by atoms with Crippen LogP contribution in [0.3, 0.4) is 0 Å². The number of amides is 1. The highest BCUT2D eigenvalue weighted by Gasteiger charge is 2.31. The average molecular weight is 241 g/mol. The molecule has 0 aromatic rings. The second-order valence-electron chi connectivity index (χ2n) is 5.09. The van der Waals surface area contributed by atoms with E-state index in [1.54, 1.807) is 0 Å². The van der Waals surface area contributed by atoms with Crippen LogP contribution in [0, 0.1) is 5.92 Å². The minimum absolute atomic E-state index is 0.225. The molecule has 1 heterocycles. The molecule has 1 saturated heterocycles. The maximum Gasteiger partial charge on any atom is 0.237 e. The second kappa shape index (κ2) is 6.97. The summed E-state index contributed by atoms with van der Waals surface area (Å²) in [6, 6.07) is 0. The van der Waals surface area contributed by atoms with Gasteiger partial charge < -0.3 is 9.80 Å². The van der Waals surface area contributed by atoms with Crippen molar-refractivity contribution >= 4 is 5.91 Å². The van der Waals surface area contributed by atoms with Crippen molar-refractivity contribution in [1.29, 1.82) is 0 Å². The SMILES string of the molecule is CCCN(CC)CCN1C(=O)CNC1C(C)C. The van der Waals surface area contributed by atoms with Crippen molar-refractivity contribution in [1.82, 2.24) is 15.1 Å². The Kier molecular flexibility index (Phi) is 5.92. The smallest absolute Gasteiger partial charge is 0.237 e. The largest absolute Gasteiger partial charge is 0.325 e. The molecule has 4 nitrogen and oxygen atoms in total. The van der Waals surface area contributed by atoms with E-state index < -0.39 is 0 Å². The standard InChI is InChI=1S/C13H27N3O/c1-5-7-15(6-2)8-9-16-12(17)10-14-13(16)11(3)4/h11,13-14H,5-10H2,1-4H3. The van der Waals surface area contributed by atoms with Crippen LogP contribution in [-0.2, 0) is 4.79 Å². The minimum Gasteiger partial charge on any atom is -0.325 e. The first-order valence-corrected chi connectivity index (χ1v) is 6.85. The third-order valence-corrected chi connectivity index (χ3v) is 3.39. The fraction of sp³-hybridized carbons (Fsp3) is 0.923. The second-order valence-corrected chi connectivity index (χ2v) is 5.09. The number of hydrogen-bond acceptors (Lipinski definition) is 3. The van der Waals surface area contributed by atoms with Crippen LogP contribution in [0.5, 0.6) is 0 Å². The van der Waals surface area contributed by atoms with E-state index in [-0.39, 0.29) is 12.1 Å². The third-order valence-electron chi connectivity index (χ3n) is 3.39. The predicted molar refractivity (Wildman–Crippen MR) is 70.7 cm³/mol. The van der Waals surface area contributed by atoms with Crippen LogP contribution in [0.1, 0.15) is 34.1 Å². The number of nitrogens with one attached hydrogen (secondary N) is 1. The van der Waals surface area contributed by atoms with Crippen molar-refractivity contribution in [3.8, 4) is 0 Å². The molecular weight excluding hydrogens is 214 g/mol. The highest BCUT2D eigenvalue weighted by atomic mass is 16.2. The van der Waals surface area contributed by atoms with Gasteiger partial charge in [0.1, 0.15) is 0 Å². The van der Waals surface area contributed by atoms with Gasteiger partial charge in [0.05, 0.1) is 12.7 Å². The first-order chi connectivity index (χ1) is 8.10. The van der Waals surface area contributed by atoms with Crippen molar-refractivity contribution in [2.45, 2.75) is 40.3 Å². The van der Waals surface area contributed by atoms with E-state index in [0.717, 1.165) is 26.2 Å². The highest BCUT2D eigenvalue weighted by Crippen LogP contribution is 2.13. The molecule has 4 heteroatoms. The molecule has 1 atom stereocenters. The van der Waals surface area contributed by atoms with Gasteiger partial charge >= 0.3 is 0 Å². The summed E-state index contributed by atoms with van der Waals surface area (Å²) < 4.78 is 0. The average Bonchev–Trinajstić information content (AvgIpc) is 2.66. The van der Waals surface area contributed by atoms with Gasteiger partial charge in [-0.1, -0.05) is 27.7 Å². The summed E-state index contributed by atoms with van der Waals surface area (Å²) in [6.45, 7) is 13.2. The quantitative estimate of drug-likeness (QED) is 0.726. The lowest BCUT2D eigenvalue weighted by atomic mass is 10.1. The van der Waals surface area contributed by atoms with E-state index in [1.807, 2.05) is 4.90 Å². The van der Waals surface area contributed by atoms with Crippen LogP contribution in [-0.4, -0.2) is 54.6 Å². The van der Waals surface area contributed by atoms with E-state index in [9.17, 15) is 4.79 Å².